The summed E-state index contributed by atoms with van der Waals surface area (Å²) in [5.41, 5.74) is 3.88. The van der Waals surface area contributed by atoms with Crippen LogP contribution in [0.1, 0.15) is 27.2 Å². The Bertz CT molecular complexity index is 1650. The second-order valence-electron chi connectivity index (χ2n) is 8.83. The molecule has 0 radical (unpaired) electrons. The highest BCUT2D eigenvalue weighted by Gasteiger charge is 2.31. The Morgan fingerprint density at radius 1 is 1.03 bits per heavy atom. The number of rotatable bonds is 6. The van der Waals surface area contributed by atoms with Gasteiger partial charge < -0.3 is 25.5 Å². The van der Waals surface area contributed by atoms with E-state index in [1.165, 1.54) is 17.1 Å². The van der Waals surface area contributed by atoms with Gasteiger partial charge in [-0.2, -0.15) is 13.2 Å². The minimum absolute atomic E-state index is 0.238. The van der Waals surface area contributed by atoms with Crippen LogP contribution in [0.2, 0.25) is 0 Å². The van der Waals surface area contributed by atoms with Gasteiger partial charge in [-0.05, 0) is 55.8 Å². The number of alkyl halides is 3. The van der Waals surface area contributed by atoms with Crippen molar-refractivity contribution in [3.63, 3.8) is 0 Å². The highest BCUT2D eigenvalue weighted by molar-refractivity contribution is 6.12. The number of fused-ring (bicyclic) bond motifs is 1. The van der Waals surface area contributed by atoms with E-state index in [2.05, 4.69) is 30.9 Å². The van der Waals surface area contributed by atoms with Crippen molar-refractivity contribution < 1.29 is 18.0 Å². The molecule has 0 bridgehead atoms. The van der Waals surface area contributed by atoms with Crippen molar-refractivity contribution in [3.05, 3.63) is 89.8 Å². The number of imidazole rings is 1. The van der Waals surface area contributed by atoms with Gasteiger partial charge in [0.15, 0.2) is 0 Å². The molecular formula is C27H24F3N7O. The first-order valence-electron chi connectivity index (χ1n) is 11.7. The summed E-state index contributed by atoms with van der Waals surface area (Å²) in [6.45, 7) is 3.59. The Morgan fingerprint density at radius 2 is 1.84 bits per heavy atom. The molecule has 0 aliphatic heterocycles. The molecule has 0 aliphatic rings. The van der Waals surface area contributed by atoms with Crippen LogP contribution >= 0.6 is 0 Å². The largest absolute Gasteiger partial charge is 0.416 e. The Hall–Kier alpha value is -4.80. The predicted octanol–water partition coefficient (Wildman–Crippen LogP) is 6.42. The summed E-state index contributed by atoms with van der Waals surface area (Å²) >= 11 is 0. The molecule has 0 fully saturated rings. The van der Waals surface area contributed by atoms with Crippen molar-refractivity contribution in [2.45, 2.75) is 20.0 Å². The van der Waals surface area contributed by atoms with E-state index in [-0.39, 0.29) is 11.6 Å². The average Bonchev–Trinajstić information content (AvgIpc) is 3.53. The molecule has 5 aromatic rings. The van der Waals surface area contributed by atoms with Crippen molar-refractivity contribution in [2.24, 2.45) is 0 Å². The van der Waals surface area contributed by atoms with E-state index in [1.54, 1.807) is 50.6 Å². The van der Waals surface area contributed by atoms with E-state index in [9.17, 15) is 18.0 Å². The fourth-order valence-electron chi connectivity index (χ4n) is 4.20. The molecule has 194 valence electrons. The zero-order valence-electron chi connectivity index (χ0n) is 20.7. The normalized spacial score (nSPS) is 11.5. The number of anilines is 4. The zero-order valence-corrected chi connectivity index (χ0v) is 20.7. The van der Waals surface area contributed by atoms with Crippen LogP contribution in [0.15, 0.2) is 67.4 Å². The molecule has 3 aromatic heterocycles. The molecule has 38 heavy (non-hydrogen) atoms. The van der Waals surface area contributed by atoms with Gasteiger partial charge in [-0.3, -0.25) is 4.79 Å². The molecule has 1 amide bonds. The molecular weight excluding hydrogens is 495 g/mol. The van der Waals surface area contributed by atoms with Crippen molar-refractivity contribution in [1.29, 1.82) is 0 Å². The first kappa shape index (κ1) is 24.9. The van der Waals surface area contributed by atoms with Crippen molar-refractivity contribution >= 4 is 39.7 Å². The summed E-state index contributed by atoms with van der Waals surface area (Å²) in [7, 11) is 1.72. The fourth-order valence-corrected chi connectivity index (χ4v) is 4.20. The minimum atomic E-state index is -4.53. The molecule has 3 heterocycles. The van der Waals surface area contributed by atoms with E-state index in [0.29, 0.717) is 39.7 Å². The number of H-pyrrole nitrogens is 1. The van der Waals surface area contributed by atoms with Gasteiger partial charge in [0.25, 0.3) is 5.91 Å². The summed E-state index contributed by atoms with van der Waals surface area (Å²) in [6, 6.07) is 10.7. The van der Waals surface area contributed by atoms with Crippen LogP contribution in [0.3, 0.4) is 0 Å². The summed E-state index contributed by atoms with van der Waals surface area (Å²) in [5.74, 6) is -0.373. The second kappa shape index (κ2) is 9.58. The van der Waals surface area contributed by atoms with Crippen LogP contribution in [-0.2, 0) is 6.18 Å². The van der Waals surface area contributed by atoms with Gasteiger partial charge in [0.05, 0.1) is 28.8 Å². The number of amides is 1. The molecule has 0 saturated heterocycles. The number of pyridine rings is 1. The number of aryl methyl sites for hydroxylation is 2. The number of benzene rings is 2. The summed E-state index contributed by atoms with van der Waals surface area (Å²) < 4.78 is 42.5. The number of hydrogen-bond acceptors (Lipinski definition) is 5. The van der Waals surface area contributed by atoms with Gasteiger partial charge in [-0.15, -0.1) is 0 Å². The van der Waals surface area contributed by atoms with Crippen molar-refractivity contribution in [1.82, 2.24) is 19.5 Å². The first-order chi connectivity index (χ1) is 18.1. The van der Waals surface area contributed by atoms with E-state index in [4.69, 9.17) is 0 Å². The second-order valence-corrected chi connectivity index (χ2v) is 8.83. The Balaban J connectivity index is 1.45. The third-order valence-corrected chi connectivity index (χ3v) is 6.11. The number of hydrogen-bond donors (Lipinski definition) is 4. The van der Waals surface area contributed by atoms with Crippen LogP contribution in [0.5, 0.6) is 0 Å². The number of aromatic nitrogens is 4. The van der Waals surface area contributed by atoms with Gasteiger partial charge in [0.2, 0.25) is 0 Å². The Morgan fingerprint density at radius 3 is 2.55 bits per heavy atom. The topological polar surface area (TPSA) is 99.7 Å². The Labute approximate surface area is 215 Å². The average molecular weight is 520 g/mol. The van der Waals surface area contributed by atoms with E-state index >= 15 is 0 Å². The first-order valence-corrected chi connectivity index (χ1v) is 11.7. The van der Waals surface area contributed by atoms with E-state index < -0.39 is 11.7 Å². The monoisotopic (exact) mass is 519 g/mol. The molecule has 2 aromatic carbocycles. The molecule has 0 saturated carbocycles. The number of aromatic amines is 1. The predicted molar refractivity (Wildman–Crippen MR) is 141 cm³/mol. The van der Waals surface area contributed by atoms with Crippen molar-refractivity contribution in [2.75, 3.05) is 23.0 Å². The van der Waals surface area contributed by atoms with Crippen LogP contribution in [0, 0.1) is 13.8 Å². The maximum absolute atomic E-state index is 13.7. The highest BCUT2D eigenvalue weighted by atomic mass is 19.4. The molecule has 5 rings (SSSR count). The maximum atomic E-state index is 13.7. The van der Waals surface area contributed by atoms with E-state index in [1.807, 2.05) is 13.0 Å². The molecule has 0 atom stereocenters. The summed E-state index contributed by atoms with van der Waals surface area (Å²) in [4.78, 5) is 24.6. The fraction of sp³-hybridized carbons (Fsp3) is 0.148. The molecule has 8 nitrogen and oxygen atoms in total. The SMILES string of the molecule is CNc1c(C(=O)Nc2cc(Nc3cc(-n4cnc(C)c4)cc(C(F)(F)F)c3)ccc2C)cnc2[nH]ccc12. The van der Waals surface area contributed by atoms with Crippen LogP contribution < -0.4 is 16.0 Å². The molecule has 4 N–H and O–H groups in total. The molecule has 0 unspecified atom stereocenters. The lowest BCUT2D eigenvalue weighted by molar-refractivity contribution is -0.137. The minimum Gasteiger partial charge on any atom is -0.387 e. The lowest BCUT2D eigenvalue weighted by atomic mass is 10.1. The van der Waals surface area contributed by atoms with Crippen LogP contribution in [0.4, 0.5) is 35.9 Å². The summed E-state index contributed by atoms with van der Waals surface area (Å²) in [5, 5.41) is 9.78. The quantitative estimate of drug-likeness (QED) is 0.207. The van der Waals surface area contributed by atoms with Crippen molar-refractivity contribution in [3.8, 4) is 5.69 Å². The van der Waals surface area contributed by atoms with Gasteiger partial charge in [-0.25, -0.2) is 9.97 Å². The third kappa shape index (κ3) is 4.90. The molecule has 11 heteroatoms. The van der Waals surface area contributed by atoms with Gasteiger partial charge in [0.1, 0.15) is 5.65 Å². The molecule has 0 aliphatic carbocycles. The smallest absolute Gasteiger partial charge is 0.387 e. The number of nitrogens with one attached hydrogen (secondary N) is 4. The number of halogens is 3. The maximum Gasteiger partial charge on any atom is 0.416 e. The van der Waals surface area contributed by atoms with Crippen LogP contribution in [-0.4, -0.2) is 32.5 Å². The lowest BCUT2D eigenvalue weighted by Crippen LogP contribution is -2.15. The standard InChI is InChI=1S/C27H24F3N7O/c1-15-4-5-18(11-23(15)36-26(38)22-12-33-25-21(6-7-32-25)24(22)31-3)35-19-8-17(27(28,29)30)9-20(10-19)37-13-16(2)34-14-37/h4-14,35H,1-3H3,(H,36,38)(H2,31,32,33). The number of carbonyl (C=O) groups excluding carboxylic acids is 1. The van der Waals surface area contributed by atoms with Gasteiger partial charge in [0, 0.05) is 53.8 Å². The van der Waals surface area contributed by atoms with Gasteiger partial charge in [-0.1, -0.05) is 6.07 Å². The van der Waals surface area contributed by atoms with Gasteiger partial charge >= 0.3 is 6.18 Å². The third-order valence-electron chi connectivity index (χ3n) is 6.11. The lowest BCUT2D eigenvalue weighted by Gasteiger charge is -2.16. The summed E-state index contributed by atoms with van der Waals surface area (Å²) in [6.07, 6.45) is 1.81. The highest BCUT2D eigenvalue weighted by Crippen LogP contribution is 2.34. The Kier molecular flexibility index (Phi) is 6.27. The zero-order chi connectivity index (χ0) is 27.0. The molecule has 0 spiro atoms. The van der Waals surface area contributed by atoms with E-state index in [0.717, 1.165) is 23.1 Å². The number of carbonyl (C=O) groups is 1. The number of nitrogens with zero attached hydrogens (tertiary/aromatic N) is 3. The van der Waals surface area contributed by atoms with Crippen LogP contribution in [0.25, 0.3) is 16.7 Å².